The molecule has 1 saturated heterocycles. The lowest BCUT2D eigenvalue weighted by Gasteiger charge is -2.15. The predicted octanol–water partition coefficient (Wildman–Crippen LogP) is 3.73. The van der Waals surface area contributed by atoms with Gasteiger partial charge in [0, 0.05) is 24.6 Å². The average Bonchev–Trinajstić information content (AvgIpc) is 3.54. The van der Waals surface area contributed by atoms with Crippen LogP contribution in [-0.2, 0) is 9.59 Å². The number of non-ortho nitro benzene ring substituents is 1. The van der Waals surface area contributed by atoms with Crippen LogP contribution in [0.5, 0.6) is 5.75 Å². The molecule has 0 radical (unpaired) electrons. The van der Waals surface area contributed by atoms with Gasteiger partial charge in [-0.1, -0.05) is 30.0 Å². The van der Waals surface area contributed by atoms with Gasteiger partial charge in [-0.25, -0.2) is 4.99 Å². The molecule has 4 rings (SSSR count). The second kappa shape index (κ2) is 8.76. The highest BCUT2D eigenvalue weighted by Crippen LogP contribution is 2.39. The van der Waals surface area contributed by atoms with Gasteiger partial charge in [0.25, 0.3) is 5.69 Å². The number of amides is 2. The minimum Gasteiger partial charge on any atom is -0.495 e. The van der Waals surface area contributed by atoms with Gasteiger partial charge in [0.1, 0.15) is 11.0 Å². The summed E-state index contributed by atoms with van der Waals surface area (Å²) in [6.45, 7) is 0. The van der Waals surface area contributed by atoms with E-state index in [-0.39, 0.29) is 29.7 Å². The summed E-state index contributed by atoms with van der Waals surface area (Å²) in [5.41, 5.74) is 0.767. The summed E-state index contributed by atoms with van der Waals surface area (Å²) in [6.07, 6.45) is 1.76. The molecule has 0 bridgehead atoms. The molecule has 2 aromatic rings. The van der Waals surface area contributed by atoms with E-state index in [2.05, 4.69) is 10.3 Å². The Kier molecular flexibility index (Phi) is 5.90. The number of nitrogens with zero attached hydrogens (tertiary/aromatic N) is 3. The van der Waals surface area contributed by atoms with Gasteiger partial charge < -0.3 is 10.1 Å². The molecule has 2 amide bonds. The smallest absolute Gasteiger partial charge is 0.271 e. The lowest BCUT2D eigenvalue weighted by Crippen LogP contribution is -2.35. The van der Waals surface area contributed by atoms with Crippen molar-refractivity contribution >= 4 is 45.8 Å². The number of thioether (sulfide) groups is 1. The highest BCUT2D eigenvalue weighted by Gasteiger charge is 2.46. The number of hydrogen-bond acceptors (Lipinski definition) is 7. The number of ether oxygens (including phenoxy) is 1. The van der Waals surface area contributed by atoms with Gasteiger partial charge in [-0.2, -0.15) is 0 Å². The van der Waals surface area contributed by atoms with Gasteiger partial charge in [0.15, 0.2) is 5.17 Å². The number of anilines is 1. The van der Waals surface area contributed by atoms with Crippen LogP contribution in [0.25, 0.3) is 0 Å². The van der Waals surface area contributed by atoms with Crippen molar-refractivity contribution in [2.24, 2.45) is 4.99 Å². The molecule has 0 aromatic heterocycles. The molecule has 1 atom stereocenters. The average molecular weight is 440 g/mol. The lowest BCUT2D eigenvalue weighted by molar-refractivity contribution is -0.384. The molecule has 2 aromatic carbocycles. The zero-order chi connectivity index (χ0) is 22.0. The Labute approximate surface area is 182 Å². The number of hydrogen-bond donors (Lipinski definition) is 1. The van der Waals surface area contributed by atoms with E-state index in [1.165, 1.54) is 37.1 Å². The first kappa shape index (κ1) is 20.9. The maximum absolute atomic E-state index is 13.0. The number of methoxy groups -OCH3 is 1. The number of nitro groups is 1. The second-order valence-electron chi connectivity index (χ2n) is 7.17. The standard InChI is InChI=1S/C21H20N4O5S/c1-30-17-10-9-15(25(28)29)11-16(17)23-19(26)12-18-20(27)24(14-7-8-14)21(31-18)22-13-5-3-2-4-6-13/h2-6,9-11,14,18H,7-8,12H2,1H3,(H,23,26)/t18-/m1/s1. The molecule has 0 unspecified atom stereocenters. The number of para-hydroxylation sites is 1. The van der Waals surface area contributed by atoms with E-state index in [0.717, 1.165) is 18.5 Å². The molecular weight excluding hydrogens is 420 g/mol. The van der Waals surface area contributed by atoms with Crippen LogP contribution in [0.3, 0.4) is 0 Å². The van der Waals surface area contributed by atoms with Crippen LogP contribution >= 0.6 is 11.8 Å². The van der Waals surface area contributed by atoms with E-state index in [1.807, 2.05) is 30.3 Å². The monoisotopic (exact) mass is 440 g/mol. The van der Waals surface area contributed by atoms with Gasteiger partial charge >= 0.3 is 0 Å². The van der Waals surface area contributed by atoms with Gasteiger partial charge in [-0.05, 0) is 31.0 Å². The summed E-state index contributed by atoms with van der Waals surface area (Å²) >= 11 is 1.27. The van der Waals surface area contributed by atoms with E-state index in [1.54, 1.807) is 4.90 Å². The van der Waals surface area contributed by atoms with E-state index >= 15 is 0 Å². The fourth-order valence-corrected chi connectivity index (χ4v) is 4.47. The molecule has 9 nitrogen and oxygen atoms in total. The van der Waals surface area contributed by atoms with E-state index < -0.39 is 16.1 Å². The zero-order valence-electron chi connectivity index (χ0n) is 16.7. The van der Waals surface area contributed by atoms with Crippen LogP contribution in [-0.4, -0.2) is 45.2 Å². The van der Waals surface area contributed by atoms with Crippen molar-refractivity contribution in [2.75, 3.05) is 12.4 Å². The SMILES string of the molecule is COc1ccc([N+](=O)[O-])cc1NC(=O)C[C@H]1SC(=Nc2ccccc2)N(C2CC2)C1=O. The number of carbonyl (C=O) groups excluding carboxylic acids is 2. The molecule has 2 fully saturated rings. The highest BCUT2D eigenvalue weighted by atomic mass is 32.2. The van der Waals surface area contributed by atoms with E-state index in [4.69, 9.17) is 4.74 Å². The molecular formula is C21H20N4O5S. The van der Waals surface area contributed by atoms with Crippen molar-refractivity contribution in [3.8, 4) is 5.75 Å². The molecule has 1 aliphatic heterocycles. The molecule has 1 N–H and O–H groups in total. The number of nitrogens with one attached hydrogen (secondary N) is 1. The van der Waals surface area contributed by atoms with E-state index in [9.17, 15) is 19.7 Å². The van der Waals surface area contributed by atoms with Gasteiger partial charge in [-0.15, -0.1) is 0 Å². The Morgan fingerprint density at radius 2 is 2.03 bits per heavy atom. The first-order valence-electron chi connectivity index (χ1n) is 9.72. The molecule has 10 heteroatoms. The Hall–Kier alpha value is -3.40. The third-order valence-corrected chi connectivity index (χ3v) is 6.05. The second-order valence-corrected chi connectivity index (χ2v) is 8.34. The number of benzene rings is 2. The predicted molar refractivity (Wildman–Crippen MR) is 118 cm³/mol. The third-order valence-electron chi connectivity index (χ3n) is 4.90. The van der Waals surface area contributed by atoms with Crippen LogP contribution in [0, 0.1) is 10.1 Å². The van der Waals surface area contributed by atoms with Crippen molar-refractivity contribution in [3.63, 3.8) is 0 Å². The first-order chi connectivity index (χ1) is 15.0. The molecule has 0 spiro atoms. The maximum Gasteiger partial charge on any atom is 0.271 e. The summed E-state index contributed by atoms with van der Waals surface area (Å²) in [7, 11) is 1.41. The van der Waals surface area contributed by atoms with Crippen molar-refractivity contribution in [2.45, 2.75) is 30.6 Å². The van der Waals surface area contributed by atoms with Crippen LogP contribution in [0.2, 0.25) is 0 Å². The van der Waals surface area contributed by atoms with Crippen molar-refractivity contribution < 1.29 is 19.2 Å². The highest BCUT2D eigenvalue weighted by molar-refractivity contribution is 8.15. The fraction of sp³-hybridized carbons (Fsp3) is 0.286. The Morgan fingerprint density at radius 3 is 2.68 bits per heavy atom. The Balaban J connectivity index is 1.50. The van der Waals surface area contributed by atoms with Crippen LogP contribution in [0.4, 0.5) is 17.1 Å². The minimum absolute atomic E-state index is 0.0770. The van der Waals surface area contributed by atoms with Gasteiger partial charge in [0.2, 0.25) is 11.8 Å². The number of aliphatic imine (C=N–C) groups is 1. The zero-order valence-corrected chi connectivity index (χ0v) is 17.5. The summed E-state index contributed by atoms with van der Waals surface area (Å²) in [4.78, 5) is 42.4. The largest absolute Gasteiger partial charge is 0.495 e. The Bertz CT molecular complexity index is 1050. The van der Waals surface area contributed by atoms with Crippen LogP contribution in [0.1, 0.15) is 19.3 Å². The molecule has 1 heterocycles. The summed E-state index contributed by atoms with van der Waals surface area (Å²) in [6, 6.07) is 13.4. The number of rotatable bonds is 7. The summed E-state index contributed by atoms with van der Waals surface area (Å²) in [5, 5.41) is 13.7. The summed E-state index contributed by atoms with van der Waals surface area (Å²) < 4.78 is 5.18. The fourth-order valence-electron chi connectivity index (χ4n) is 3.25. The summed E-state index contributed by atoms with van der Waals surface area (Å²) in [5.74, 6) is -0.264. The maximum atomic E-state index is 13.0. The molecule has 1 saturated carbocycles. The van der Waals surface area contributed by atoms with Crippen molar-refractivity contribution in [1.29, 1.82) is 0 Å². The normalized spacial score (nSPS) is 19.5. The Morgan fingerprint density at radius 1 is 1.29 bits per heavy atom. The van der Waals surface area contributed by atoms with Crippen molar-refractivity contribution in [3.05, 3.63) is 58.6 Å². The first-order valence-corrected chi connectivity index (χ1v) is 10.6. The van der Waals surface area contributed by atoms with Gasteiger partial charge in [-0.3, -0.25) is 24.6 Å². The van der Waals surface area contributed by atoms with Crippen LogP contribution < -0.4 is 10.1 Å². The molecule has 31 heavy (non-hydrogen) atoms. The topological polar surface area (TPSA) is 114 Å². The minimum atomic E-state index is -0.604. The lowest BCUT2D eigenvalue weighted by atomic mass is 10.2. The molecule has 2 aliphatic rings. The number of amidine groups is 1. The van der Waals surface area contributed by atoms with Gasteiger partial charge in [0.05, 0.1) is 23.4 Å². The molecule has 1 aliphatic carbocycles. The third kappa shape index (κ3) is 4.69. The van der Waals surface area contributed by atoms with E-state index in [0.29, 0.717) is 10.9 Å². The van der Waals surface area contributed by atoms with Crippen LogP contribution in [0.15, 0.2) is 53.5 Å². The molecule has 160 valence electrons. The number of carbonyl (C=O) groups is 2. The van der Waals surface area contributed by atoms with Crippen molar-refractivity contribution in [1.82, 2.24) is 4.90 Å². The number of nitro benzene ring substituents is 1. The quantitative estimate of drug-likeness (QED) is 0.518.